The number of hydrogen-bond donors (Lipinski definition) is 1. The molecule has 0 aliphatic carbocycles. The molecule has 1 amide bonds. The van der Waals surface area contributed by atoms with E-state index in [1.165, 1.54) is 6.08 Å². The predicted molar refractivity (Wildman–Crippen MR) is 120 cm³/mol. The van der Waals surface area contributed by atoms with Crippen molar-refractivity contribution in [2.45, 2.75) is 13.8 Å². The Kier molecular flexibility index (Phi) is 6.97. The minimum atomic E-state index is -0.294. The van der Waals surface area contributed by atoms with Gasteiger partial charge in [-0.2, -0.15) is 5.26 Å². The molecular weight excluding hydrogens is 376 g/mol. The lowest BCUT2D eigenvalue weighted by atomic mass is 10.1. The van der Waals surface area contributed by atoms with E-state index in [-0.39, 0.29) is 17.2 Å². The highest BCUT2D eigenvalue weighted by Crippen LogP contribution is 2.27. The van der Waals surface area contributed by atoms with Gasteiger partial charge in [0.1, 0.15) is 17.4 Å². The van der Waals surface area contributed by atoms with E-state index < -0.39 is 0 Å². The van der Waals surface area contributed by atoms with Gasteiger partial charge in [0, 0.05) is 62.3 Å². The Morgan fingerprint density at radius 2 is 1.77 bits per heavy atom. The number of anilines is 2. The Labute approximate surface area is 178 Å². The van der Waals surface area contributed by atoms with Crippen molar-refractivity contribution < 1.29 is 9.90 Å². The van der Waals surface area contributed by atoms with Crippen molar-refractivity contribution in [1.82, 2.24) is 4.90 Å². The molecule has 6 heteroatoms. The van der Waals surface area contributed by atoms with Gasteiger partial charge in [-0.25, -0.2) is 0 Å². The molecule has 2 aromatic carbocycles. The number of rotatable bonds is 6. The molecule has 2 aromatic rings. The average Bonchev–Trinajstić information content (AvgIpc) is 2.79. The molecule has 0 unspecified atom stereocenters. The summed E-state index contributed by atoms with van der Waals surface area (Å²) in [5, 5.41) is 20.0. The lowest BCUT2D eigenvalue weighted by Crippen LogP contribution is -2.49. The van der Waals surface area contributed by atoms with Gasteiger partial charge in [-0.15, -0.1) is 0 Å². The number of nitrogens with zero attached hydrogens (tertiary/aromatic N) is 4. The third-order valence-corrected chi connectivity index (χ3v) is 5.48. The molecule has 1 saturated heterocycles. The van der Waals surface area contributed by atoms with E-state index in [0.717, 1.165) is 37.6 Å². The fraction of sp³-hybridized carbons (Fsp3) is 0.333. The minimum Gasteiger partial charge on any atom is -0.507 e. The van der Waals surface area contributed by atoms with Crippen LogP contribution in [0.15, 0.2) is 54.1 Å². The van der Waals surface area contributed by atoms with Crippen LogP contribution in [0.2, 0.25) is 0 Å². The van der Waals surface area contributed by atoms with Gasteiger partial charge in [-0.05, 0) is 44.2 Å². The highest BCUT2D eigenvalue weighted by atomic mass is 16.3. The molecule has 0 saturated carbocycles. The lowest BCUT2D eigenvalue weighted by molar-refractivity contribution is -0.126. The van der Waals surface area contributed by atoms with Crippen LogP contribution in [0.25, 0.3) is 6.08 Å². The van der Waals surface area contributed by atoms with Crippen LogP contribution in [0.4, 0.5) is 11.4 Å². The van der Waals surface area contributed by atoms with E-state index in [1.807, 2.05) is 30.3 Å². The Balaban J connectivity index is 1.71. The monoisotopic (exact) mass is 404 g/mol. The first-order valence-electron chi connectivity index (χ1n) is 10.4. The van der Waals surface area contributed by atoms with Crippen molar-refractivity contribution in [1.29, 1.82) is 5.26 Å². The summed E-state index contributed by atoms with van der Waals surface area (Å²) >= 11 is 0. The maximum atomic E-state index is 12.9. The van der Waals surface area contributed by atoms with E-state index in [9.17, 15) is 15.2 Å². The van der Waals surface area contributed by atoms with Crippen molar-refractivity contribution in [3.8, 4) is 11.8 Å². The van der Waals surface area contributed by atoms with Crippen LogP contribution in [0.5, 0.6) is 5.75 Å². The number of carbonyl (C=O) groups is 1. The maximum absolute atomic E-state index is 12.9. The van der Waals surface area contributed by atoms with Crippen molar-refractivity contribution in [2.24, 2.45) is 0 Å². The normalized spacial score (nSPS) is 14.4. The first kappa shape index (κ1) is 21.3. The number of carbonyl (C=O) groups excluding carboxylic acids is 1. The molecule has 6 nitrogen and oxygen atoms in total. The molecule has 1 aliphatic heterocycles. The second-order valence-electron chi connectivity index (χ2n) is 7.20. The number of piperazine rings is 1. The van der Waals surface area contributed by atoms with Crippen LogP contribution >= 0.6 is 0 Å². The average molecular weight is 405 g/mol. The van der Waals surface area contributed by atoms with Gasteiger partial charge in [-0.1, -0.05) is 18.2 Å². The van der Waals surface area contributed by atoms with E-state index in [2.05, 4.69) is 35.8 Å². The lowest BCUT2D eigenvalue weighted by Gasteiger charge is -2.36. The van der Waals surface area contributed by atoms with Crippen molar-refractivity contribution in [3.63, 3.8) is 0 Å². The largest absolute Gasteiger partial charge is 0.507 e. The number of phenolic OH excluding ortho intramolecular Hbond substituents is 1. The Morgan fingerprint density at radius 1 is 1.10 bits per heavy atom. The summed E-state index contributed by atoms with van der Waals surface area (Å²) < 4.78 is 0. The van der Waals surface area contributed by atoms with Crippen molar-refractivity contribution >= 4 is 23.4 Å². The Bertz CT molecular complexity index is 937. The van der Waals surface area contributed by atoms with Gasteiger partial charge < -0.3 is 19.8 Å². The second-order valence-corrected chi connectivity index (χ2v) is 7.20. The molecule has 3 rings (SSSR count). The molecule has 1 N–H and O–H groups in total. The second kappa shape index (κ2) is 9.84. The number of phenols is 1. The summed E-state index contributed by atoms with van der Waals surface area (Å²) in [4.78, 5) is 18.9. The smallest absolute Gasteiger partial charge is 0.264 e. The van der Waals surface area contributed by atoms with Crippen LogP contribution in [-0.2, 0) is 4.79 Å². The van der Waals surface area contributed by atoms with Crippen LogP contribution in [0.3, 0.4) is 0 Å². The third kappa shape index (κ3) is 4.74. The number of amides is 1. The summed E-state index contributed by atoms with van der Waals surface area (Å²) in [6.07, 6.45) is 1.48. The van der Waals surface area contributed by atoms with Crippen LogP contribution in [-0.4, -0.2) is 55.2 Å². The fourth-order valence-corrected chi connectivity index (χ4v) is 3.71. The Morgan fingerprint density at radius 3 is 2.33 bits per heavy atom. The Hall–Kier alpha value is -3.46. The zero-order chi connectivity index (χ0) is 21.5. The zero-order valence-electron chi connectivity index (χ0n) is 17.6. The SMILES string of the molecule is CCN(CC)c1ccc(/C=C(/C#N)C(=O)N2CCN(c3ccccc3)CC2)c(O)c1. The first-order chi connectivity index (χ1) is 14.6. The van der Waals surface area contributed by atoms with E-state index in [1.54, 1.807) is 17.0 Å². The van der Waals surface area contributed by atoms with Crippen molar-refractivity contribution in [3.05, 3.63) is 59.7 Å². The number of aromatic hydroxyl groups is 1. The molecular formula is C24H28N4O2. The molecule has 30 heavy (non-hydrogen) atoms. The van der Waals surface area contributed by atoms with Crippen LogP contribution in [0.1, 0.15) is 19.4 Å². The zero-order valence-corrected chi connectivity index (χ0v) is 17.6. The highest BCUT2D eigenvalue weighted by Gasteiger charge is 2.24. The topological polar surface area (TPSA) is 70.8 Å². The summed E-state index contributed by atoms with van der Waals surface area (Å²) in [7, 11) is 0. The molecule has 0 radical (unpaired) electrons. The highest BCUT2D eigenvalue weighted by molar-refractivity contribution is 6.02. The maximum Gasteiger partial charge on any atom is 0.264 e. The summed E-state index contributed by atoms with van der Waals surface area (Å²) in [6, 6.07) is 17.4. The van der Waals surface area contributed by atoms with E-state index in [0.29, 0.717) is 18.7 Å². The summed E-state index contributed by atoms with van der Waals surface area (Å²) in [5.74, 6) is -0.230. The summed E-state index contributed by atoms with van der Waals surface area (Å²) in [5.41, 5.74) is 2.56. The van der Waals surface area contributed by atoms with Gasteiger partial charge in [0.05, 0.1) is 0 Å². The van der Waals surface area contributed by atoms with Gasteiger partial charge in [0.25, 0.3) is 5.91 Å². The number of hydrogen-bond acceptors (Lipinski definition) is 5. The number of benzene rings is 2. The quantitative estimate of drug-likeness (QED) is 0.589. The summed E-state index contributed by atoms with van der Waals surface area (Å²) in [6.45, 7) is 8.33. The minimum absolute atomic E-state index is 0.0362. The number of para-hydroxylation sites is 1. The van der Waals surface area contributed by atoms with E-state index in [4.69, 9.17) is 0 Å². The van der Waals surface area contributed by atoms with Gasteiger partial charge in [0.2, 0.25) is 0 Å². The molecule has 0 aromatic heterocycles. The van der Waals surface area contributed by atoms with Gasteiger partial charge in [-0.3, -0.25) is 4.79 Å². The molecule has 0 spiro atoms. The molecule has 1 heterocycles. The standard InChI is InChI=1S/C24H28N4O2/c1-3-26(4-2)22-11-10-19(23(29)17-22)16-20(18-25)24(30)28-14-12-27(13-15-28)21-8-6-5-7-9-21/h5-11,16-17,29H,3-4,12-15H2,1-2H3/b20-16-. The van der Waals surface area contributed by atoms with Crippen LogP contribution < -0.4 is 9.80 Å². The fourth-order valence-electron chi connectivity index (χ4n) is 3.71. The molecule has 1 aliphatic rings. The predicted octanol–water partition coefficient (Wildman–Crippen LogP) is 3.49. The van der Waals surface area contributed by atoms with Crippen LogP contribution in [0, 0.1) is 11.3 Å². The molecule has 1 fully saturated rings. The first-order valence-corrected chi connectivity index (χ1v) is 10.4. The van der Waals surface area contributed by atoms with E-state index >= 15 is 0 Å². The van der Waals surface area contributed by atoms with Gasteiger partial charge >= 0.3 is 0 Å². The molecule has 0 bridgehead atoms. The molecule has 0 atom stereocenters. The van der Waals surface area contributed by atoms with Crippen molar-refractivity contribution in [2.75, 3.05) is 49.1 Å². The molecule has 156 valence electrons. The number of nitriles is 1. The van der Waals surface area contributed by atoms with Gasteiger partial charge in [0.15, 0.2) is 0 Å². The third-order valence-electron chi connectivity index (χ3n) is 5.48.